The van der Waals surface area contributed by atoms with Gasteiger partial charge in [0.2, 0.25) is 5.91 Å². The topological polar surface area (TPSA) is 82.5 Å². The summed E-state index contributed by atoms with van der Waals surface area (Å²) in [5.74, 6) is -0.141. The van der Waals surface area contributed by atoms with E-state index in [-0.39, 0.29) is 17.6 Å². The number of nitrogens with zero attached hydrogens (tertiary/aromatic N) is 2. The van der Waals surface area contributed by atoms with Crippen molar-refractivity contribution in [2.24, 2.45) is 0 Å². The van der Waals surface area contributed by atoms with Crippen molar-refractivity contribution < 1.29 is 14.7 Å². The summed E-state index contributed by atoms with van der Waals surface area (Å²) in [7, 11) is 0. The van der Waals surface area contributed by atoms with Gasteiger partial charge in [-0.15, -0.1) is 11.3 Å². The summed E-state index contributed by atoms with van der Waals surface area (Å²) in [6, 6.07) is 7.91. The average molecular weight is 426 g/mol. The lowest BCUT2D eigenvalue weighted by molar-refractivity contribution is -0.128. The highest BCUT2D eigenvalue weighted by Gasteiger charge is 2.30. The summed E-state index contributed by atoms with van der Waals surface area (Å²) < 4.78 is 0.717. The highest BCUT2D eigenvalue weighted by Crippen LogP contribution is 2.25. The van der Waals surface area contributed by atoms with E-state index in [1.807, 2.05) is 29.2 Å². The van der Waals surface area contributed by atoms with Gasteiger partial charge in [0.1, 0.15) is 0 Å². The van der Waals surface area contributed by atoms with Crippen LogP contribution in [0.5, 0.6) is 0 Å². The number of aromatic nitrogens is 1. The lowest BCUT2D eigenvalue weighted by Crippen LogP contribution is -2.41. The van der Waals surface area contributed by atoms with E-state index in [9.17, 15) is 9.59 Å². The minimum Gasteiger partial charge on any atom is -0.476 e. The molecule has 1 aliphatic rings. The first-order valence-electron chi connectivity index (χ1n) is 8.59. The van der Waals surface area contributed by atoms with Crippen LogP contribution in [0, 0.1) is 0 Å². The largest absolute Gasteiger partial charge is 0.476 e. The highest BCUT2D eigenvalue weighted by atomic mass is 35.5. The first kappa shape index (κ1) is 20.1. The van der Waals surface area contributed by atoms with Crippen molar-refractivity contribution in [2.75, 3.05) is 18.8 Å². The number of amides is 1. The standard InChI is InChI=1S/C18H20ClN3O3S2/c19-13-3-1-2-12(8-13)9-20-10-14-4-5-16(23)22(14)6-7-26-18-21-15(11-27-18)17(24)25/h1-3,8,11,14,20H,4-7,9-10H2,(H,24,25)/t14-/m1/s1. The van der Waals surface area contributed by atoms with Gasteiger partial charge in [-0.05, 0) is 24.1 Å². The van der Waals surface area contributed by atoms with Crippen molar-refractivity contribution in [2.45, 2.75) is 29.8 Å². The van der Waals surface area contributed by atoms with E-state index in [0.717, 1.165) is 27.9 Å². The van der Waals surface area contributed by atoms with Gasteiger partial charge >= 0.3 is 5.97 Å². The average Bonchev–Trinajstić information content (AvgIpc) is 3.24. The van der Waals surface area contributed by atoms with Crippen molar-refractivity contribution in [3.05, 3.63) is 45.9 Å². The number of carbonyl (C=O) groups excluding carboxylic acids is 1. The molecule has 0 aliphatic carbocycles. The Morgan fingerprint density at radius 3 is 3.07 bits per heavy atom. The fourth-order valence-electron chi connectivity index (χ4n) is 3.00. The number of hydrogen-bond donors (Lipinski definition) is 2. The smallest absolute Gasteiger partial charge is 0.355 e. The number of hydrogen-bond acceptors (Lipinski definition) is 6. The zero-order chi connectivity index (χ0) is 19.2. The van der Waals surface area contributed by atoms with Gasteiger partial charge in [0.15, 0.2) is 10.0 Å². The molecule has 0 radical (unpaired) electrons. The van der Waals surface area contributed by atoms with Gasteiger partial charge in [0, 0.05) is 48.3 Å². The molecule has 6 nitrogen and oxygen atoms in total. The summed E-state index contributed by atoms with van der Waals surface area (Å²) in [4.78, 5) is 29.0. The zero-order valence-electron chi connectivity index (χ0n) is 14.6. The van der Waals surface area contributed by atoms with Gasteiger partial charge in [-0.3, -0.25) is 4.79 Å². The molecule has 1 aliphatic heterocycles. The van der Waals surface area contributed by atoms with Crippen LogP contribution in [0.1, 0.15) is 28.9 Å². The van der Waals surface area contributed by atoms with E-state index in [1.165, 1.54) is 28.5 Å². The fourth-order valence-corrected chi connectivity index (χ4v) is 5.02. The number of aromatic carboxylic acids is 1. The number of carbonyl (C=O) groups is 2. The maximum absolute atomic E-state index is 12.2. The molecule has 0 saturated carbocycles. The molecule has 1 aromatic carbocycles. The van der Waals surface area contributed by atoms with E-state index >= 15 is 0 Å². The molecule has 0 bridgehead atoms. The lowest BCUT2D eigenvalue weighted by Gasteiger charge is -2.25. The Morgan fingerprint density at radius 2 is 2.33 bits per heavy atom. The van der Waals surface area contributed by atoms with Gasteiger partial charge in [0.05, 0.1) is 0 Å². The Labute approximate surface area is 170 Å². The summed E-state index contributed by atoms with van der Waals surface area (Å²) >= 11 is 8.81. The monoisotopic (exact) mass is 425 g/mol. The molecule has 0 unspecified atom stereocenters. The minimum absolute atomic E-state index is 0.0721. The Bertz CT molecular complexity index is 815. The van der Waals surface area contributed by atoms with Crippen LogP contribution >= 0.6 is 34.7 Å². The second-order valence-electron chi connectivity index (χ2n) is 6.19. The number of rotatable bonds is 9. The molecule has 27 heavy (non-hydrogen) atoms. The summed E-state index contributed by atoms with van der Waals surface area (Å²) in [6.45, 7) is 2.09. The lowest BCUT2D eigenvalue weighted by atomic mass is 10.2. The summed E-state index contributed by atoms with van der Waals surface area (Å²) in [6.07, 6.45) is 1.43. The van der Waals surface area contributed by atoms with E-state index in [2.05, 4.69) is 10.3 Å². The molecular weight excluding hydrogens is 406 g/mol. The maximum Gasteiger partial charge on any atom is 0.355 e. The second-order valence-corrected chi connectivity index (χ2v) is 8.83. The van der Waals surface area contributed by atoms with E-state index in [0.29, 0.717) is 25.3 Å². The first-order chi connectivity index (χ1) is 13.0. The molecule has 9 heteroatoms. The molecule has 2 N–H and O–H groups in total. The number of carboxylic acid groups (broad SMARTS) is 1. The normalized spacial score (nSPS) is 16.9. The van der Waals surface area contributed by atoms with Crippen LogP contribution in [0.3, 0.4) is 0 Å². The molecule has 1 fully saturated rings. The Hall–Kier alpha value is -1.61. The van der Waals surface area contributed by atoms with Gasteiger partial charge in [-0.2, -0.15) is 0 Å². The number of likely N-dealkylation sites (tertiary alicyclic amines) is 1. The SMILES string of the molecule is O=C(O)c1csc(SCCN2C(=O)CC[C@@H]2CNCc2cccc(Cl)c2)n1. The van der Waals surface area contributed by atoms with Crippen LogP contribution in [0.2, 0.25) is 5.02 Å². The van der Waals surface area contributed by atoms with Crippen LogP contribution in [0.4, 0.5) is 0 Å². The molecule has 2 aromatic rings. The first-order valence-corrected chi connectivity index (χ1v) is 10.8. The second kappa shape index (κ2) is 9.54. The van der Waals surface area contributed by atoms with Crippen LogP contribution in [0.15, 0.2) is 34.0 Å². The highest BCUT2D eigenvalue weighted by molar-refractivity contribution is 8.01. The number of nitrogens with one attached hydrogen (secondary N) is 1. The van der Waals surface area contributed by atoms with Crippen LogP contribution in [0.25, 0.3) is 0 Å². The predicted molar refractivity (Wildman–Crippen MR) is 108 cm³/mol. The number of halogens is 1. The fraction of sp³-hybridized carbons (Fsp3) is 0.389. The van der Waals surface area contributed by atoms with E-state index < -0.39 is 5.97 Å². The van der Waals surface area contributed by atoms with Gasteiger partial charge in [-0.25, -0.2) is 9.78 Å². The number of thiazole rings is 1. The molecule has 144 valence electrons. The molecule has 1 atom stereocenters. The van der Waals surface area contributed by atoms with Gasteiger partial charge in [0.25, 0.3) is 0 Å². The Balaban J connectivity index is 1.45. The third kappa shape index (κ3) is 5.68. The molecule has 3 rings (SSSR count). The van der Waals surface area contributed by atoms with Crippen LogP contribution < -0.4 is 5.32 Å². The Kier molecular flexibility index (Phi) is 7.12. The van der Waals surface area contributed by atoms with E-state index in [1.54, 1.807) is 0 Å². The quantitative estimate of drug-likeness (QED) is 0.599. The minimum atomic E-state index is -1.02. The third-order valence-corrected chi connectivity index (χ3v) is 6.55. The zero-order valence-corrected chi connectivity index (χ0v) is 16.9. The molecule has 1 amide bonds. The van der Waals surface area contributed by atoms with Gasteiger partial charge in [-0.1, -0.05) is 35.5 Å². The number of thioether (sulfide) groups is 1. The molecular formula is C18H20ClN3O3S2. The van der Waals surface area contributed by atoms with Crippen molar-refractivity contribution in [3.63, 3.8) is 0 Å². The number of benzene rings is 1. The van der Waals surface area contributed by atoms with Crippen molar-refractivity contribution in [1.29, 1.82) is 0 Å². The van der Waals surface area contributed by atoms with Crippen molar-refractivity contribution in [1.82, 2.24) is 15.2 Å². The molecule has 1 aromatic heterocycles. The van der Waals surface area contributed by atoms with Crippen LogP contribution in [-0.4, -0.2) is 51.8 Å². The van der Waals surface area contributed by atoms with Crippen molar-refractivity contribution in [3.8, 4) is 0 Å². The molecule has 2 heterocycles. The summed E-state index contributed by atoms with van der Waals surface area (Å²) in [5.41, 5.74) is 1.19. The summed E-state index contributed by atoms with van der Waals surface area (Å²) in [5, 5.41) is 14.6. The van der Waals surface area contributed by atoms with Crippen LogP contribution in [-0.2, 0) is 11.3 Å². The van der Waals surface area contributed by atoms with Crippen molar-refractivity contribution >= 4 is 46.6 Å². The predicted octanol–water partition coefficient (Wildman–Crippen LogP) is 3.37. The third-order valence-electron chi connectivity index (χ3n) is 4.31. The van der Waals surface area contributed by atoms with E-state index in [4.69, 9.17) is 16.7 Å². The van der Waals surface area contributed by atoms with Gasteiger partial charge < -0.3 is 15.3 Å². The number of carboxylic acids is 1. The molecule has 0 spiro atoms. The molecule has 1 saturated heterocycles. The Morgan fingerprint density at radius 1 is 1.48 bits per heavy atom. The maximum atomic E-state index is 12.2.